The number of nitrogens with one attached hydrogen (secondary N) is 2. The van der Waals surface area contributed by atoms with Crippen LogP contribution in [-0.4, -0.2) is 18.4 Å². The van der Waals surface area contributed by atoms with E-state index in [1.54, 1.807) is 0 Å². The molecule has 1 aliphatic carbocycles. The molecule has 1 fully saturated rings. The van der Waals surface area contributed by atoms with E-state index in [-0.39, 0.29) is 23.4 Å². The summed E-state index contributed by atoms with van der Waals surface area (Å²) in [5.74, 6) is -0.887. The molecule has 0 aliphatic heterocycles. The van der Waals surface area contributed by atoms with E-state index >= 15 is 0 Å². The first-order chi connectivity index (χ1) is 11.8. The summed E-state index contributed by atoms with van der Waals surface area (Å²) in [6.07, 6.45) is -1.49. The van der Waals surface area contributed by atoms with Crippen LogP contribution in [0.25, 0.3) is 0 Å². The molecule has 0 bridgehead atoms. The second kappa shape index (κ2) is 8.36. The Hall–Kier alpha value is -2.05. The SMILES string of the molecule is CCCNC(=O)C1CCC(C(=O)Nc2ccccc2C(F)(F)F)CC1. The van der Waals surface area contributed by atoms with Gasteiger partial charge in [0.05, 0.1) is 11.3 Å². The van der Waals surface area contributed by atoms with Crippen LogP contribution in [0.4, 0.5) is 18.9 Å². The fraction of sp³-hybridized carbons (Fsp3) is 0.556. The van der Waals surface area contributed by atoms with Crippen molar-refractivity contribution < 1.29 is 22.8 Å². The van der Waals surface area contributed by atoms with Crippen molar-refractivity contribution in [3.8, 4) is 0 Å². The molecule has 4 nitrogen and oxygen atoms in total. The Balaban J connectivity index is 1.93. The highest BCUT2D eigenvalue weighted by Gasteiger charge is 2.35. The van der Waals surface area contributed by atoms with Gasteiger partial charge in [0.1, 0.15) is 0 Å². The predicted molar refractivity (Wildman–Crippen MR) is 88.8 cm³/mol. The van der Waals surface area contributed by atoms with Crippen LogP contribution in [-0.2, 0) is 15.8 Å². The van der Waals surface area contributed by atoms with Crippen LogP contribution in [0.2, 0.25) is 0 Å². The first kappa shape index (κ1) is 19.3. The number of rotatable bonds is 5. The molecule has 0 unspecified atom stereocenters. The Kier molecular flexibility index (Phi) is 6.45. The maximum absolute atomic E-state index is 13.0. The molecule has 1 aliphatic rings. The summed E-state index contributed by atoms with van der Waals surface area (Å²) in [6, 6.07) is 4.95. The van der Waals surface area contributed by atoms with E-state index in [9.17, 15) is 22.8 Å². The number of alkyl halides is 3. The molecule has 25 heavy (non-hydrogen) atoms. The Labute approximate surface area is 145 Å². The van der Waals surface area contributed by atoms with E-state index in [4.69, 9.17) is 0 Å². The summed E-state index contributed by atoms with van der Waals surface area (Å²) >= 11 is 0. The van der Waals surface area contributed by atoms with Gasteiger partial charge in [-0.05, 0) is 44.2 Å². The minimum Gasteiger partial charge on any atom is -0.356 e. The van der Waals surface area contributed by atoms with Crippen molar-refractivity contribution in [3.05, 3.63) is 29.8 Å². The number of carbonyl (C=O) groups excluding carboxylic acids is 2. The third-order valence-electron chi connectivity index (χ3n) is 4.51. The van der Waals surface area contributed by atoms with E-state index < -0.39 is 17.6 Å². The van der Waals surface area contributed by atoms with E-state index in [0.29, 0.717) is 32.2 Å². The summed E-state index contributed by atoms with van der Waals surface area (Å²) in [5, 5.41) is 5.25. The Morgan fingerprint density at radius 3 is 2.16 bits per heavy atom. The molecule has 0 radical (unpaired) electrons. The van der Waals surface area contributed by atoms with Gasteiger partial charge in [-0.2, -0.15) is 13.2 Å². The Morgan fingerprint density at radius 1 is 1.04 bits per heavy atom. The zero-order valence-electron chi connectivity index (χ0n) is 14.2. The molecule has 0 saturated heterocycles. The molecular formula is C18H23F3N2O2. The van der Waals surface area contributed by atoms with Crippen molar-refractivity contribution in [1.82, 2.24) is 5.32 Å². The minimum atomic E-state index is -4.51. The average Bonchev–Trinajstić information content (AvgIpc) is 2.59. The molecule has 0 spiro atoms. The second-order valence-electron chi connectivity index (χ2n) is 6.37. The van der Waals surface area contributed by atoms with Gasteiger partial charge in [-0.25, -0.2) is 0 Å². The lowest BCUT2D eigenvalue weighted by Gasteiger charge is -2.27. The average molecular weight is 356 g/mol. The van der Waals surface area contributed by atoms with Gasteiger partial charge in [0.25, 0.3) is 0 Å². The van der Waals surface area contributed by atoms with Crippen molar-refractivity contribution in [2.75, 3.05) is 11.9 Å². The number of para-hydroxylation sites is 1. The summed E-state index contributed by atoms with van der Waals surface area (Å²) in [7, 11) is 0. The van der Waals surface area contributed by atoms with Crippen LogP contribution in [0.3, 0.4) is 0 Å². The predicted octanol–water partition coefficient (Wildman–Crippen LogP) is 3.98. The van der Waals surface area contributed by atoms with Gasteiger partial charge in [-0.15, -0.1) is 0 Å². The first-order valence-corrected chi connectivity index (χ1v) is 8.57. The number of hydrogen-bond acceptors (Lipinski definition) is 2. The van der Waals surface area contributed by atoms with Crippen LogP contribution >= 0.6 is 0 Å². The molecular weight excluding hydrogens is 333 g/mol. The van der Waals surface area contributed by atoms with Gasteiger partial charge >= 0.3 is 6.18 Å². The number of halogens is 3. The maximum atomic E-state index is 13.0. The minimum absolute atomic E-state index is 0.00289. The van der Waals surface area contributed by atoms with E-state index in [0.717, 1.165) is 12.5 Å². The van der Waals surface area contributed by atoms with Crippen LogP contribution in [0.5, 0.6) is 0 Å². The highest BCUT2D eigenvalue weighted by Crippen LogP contribution is 2.35. The smallest absolute Gasteiger partial charge is 0.356 e. The summed E-state index contributed by atoms with van der Waals surface area (Å²) in [5.41, 5.74) is -1.07. The molecule has 7 heteroatoms. The van der Waals surface area contributed by atoms with Crippen molar-refractivity contribution in [3.63, 3.8) is 0 Å². The fourth-order valence-electron chi connectivity index (χ4n) is 3.08. The summed E-state index contributed by atoms with van der Waals surface area (Å²) in [6.45, 7) is 2.60. The largest absolute Gasteiger partial charge is 0.418 e. The van der Waals surface area contributed by atoms with Gasteiger partial charge in [-0.1, -0.05) is 19.1 Å². The topological polar surface area (TPSA) is 58.2 Å². The molecule has 0 aromatic heterocycles. The van der Waals surface area contributed by atoms with E-state index in [1.165, 1.54) is 18.2 Å². The molecule has 1 aromatic carbocycles. The molecule has 138 valence electrons. The molecule has 0 atom stereocenters. The van der Waals surface area contributed by atoms with Crippen LogP contribution in [0.1, 0.15) is 44.6 Å². The van der Waals surface area contributed by atoms with Gasteiger partial charge in [0.2, 0.25) is 11.8 Å². The third kappa shape index (κ3) is 5.21. The van der Waals surface area contributed by atoms with E-state index in [2.05, 4.69) is 10.6 Å². The lowest BCUT2D eigenvalue weighted by molar-refractivity contribution is -0.137. The van der Waals surface area contributed by atoms with Crippen molar-refractivity contribution in [2.24, 2.45) is 11.8 Å². The number of anilines is 1. The van der Waals surface area contributed by atoms with Crippen LogP contribution in [0, 0.1) is 11.8 Å². The third-order valence-corrected chi connectivity index (χ3v) is 4.51. The van der Waals surface area contributed by atoms with Crippen molar-refractivity contribution in [1.29, 1.82) is 0 Å². The molecule has 0 heterocycles. The summed E-state index contributed by atoms with van der Waals surface area (Å²) in [4.78, 5) is 24.3. The highest BCUT2D eigenvalue weighted by atomic mass is 19.4. The van der Waals surface area contributed by atoms with Gasteiger partial charge < -0.3 is 10.6 Å². The molecule has 1 saturated carbocycles. The quantitative estimate of drug-likeness (QED) is 0.838. The van der Waals surface area contributed by atoms with Crippen molar-refractivity contribution in [2.45, 2.75) is 45.2 Å². The van der Waals surface area contributed by atoms with Crippen molar-refractivity contribution >= 4 is 17.5 Å². The highest BCUT2D eigenvalue weighted by molar-refractivity contribution is 5.93. The normalized spacial score (nSPS) is 20.8. The number of hydrogen-bond donors (Lipinski definition) is 2. The van der Waals surface area contributed by atoms with Gasteiger partial charge in [0.15, 0.2) is 0 Å². The zero-order valence-corrected chi connectivity index (χ0v) is 14.2. The van der Waals surface area contributed by atoms with Crippen LogP contribution < -0.4 is 10.6 Å². The lowest BCUT2D eigenvalue weighted by Crippen LogP contribution is -2.35. The second-order valence-corrected chi connectivity index (χ2v) is 6.37. The Bertz CT molecular complexity index is 609. The van der Waals surface area contributed by atoms with Gasteiger partial charge in [-0.3, -0.25) is 9.59 Å². The monoisotopic (exact) mass is 356 g/mol. The standard InChI is InChI=1S/C18H23F3N2O2/c1-2-11-22-16(24)12-7-9-13(10-8-12)17(25)23-15-6-4-3-5-14(15)18(19,20)21/h3-6,12-13H,2,7-11H2,1H3,(H,22,24)(H,23,25). The zero-order chi connectivity index (χ0) is 18.4. The fourth-order valence-corrected chi connectivity index (χ4v) is 3.08. The molecule has 2 rings (SSSR count). The van der Waals surface area contributed by atoms with Gasteiger partial charge in [0, 0.05) is 18.4 Å². The molecule has 1 aromatic rings. The number of benzene rings is 1. The van der Waals surface area contributed by atoms with E-state index in [1.807, 2.05) is 6.92 Å². The number of carbonyl (C=O) groups is 2. The molecule has 2 amide bonds. The lowest BCUT2D eigenvalue weighted by atomic mass is 9.81. The number of amides is 2. The summed E-state index contributed by atoms with van der Waals surface area (Å²) < 4.78 is 39.0. The molecule has 2 N–H and O–H groups in total. The van der Waals surface area contributed by atoms with Crippen LogP contribution in [0.15, 0.2) is 24.3 Å². The Morgan fingerprint density at radius 2 is 1.60 bits per heavy atom. The maximum Gasteiger partial charge on any atom is 0.418 e. The first-order valence-electron chi connectivity index (χ1n) is 8.57.